The molecule has 1 rings (SSSR count). The number of carbonyl (C=O) groups is 2. The van der Waals surface area contributed by atoms with Crippen LogP contribution in [0.4, 0.5) is 0 Å². The van der Waals surface area contributed by atoms with Crippen molar-refractivity contribution in [1.82, 2.24) is 5.32 Å². The van der Waals surface area contributed by atoms with Gasteiger partial charge in [0.2, 0.25) is 5.91 Å². The van der Waals surface area contributed by atoms with Crippen LogP contribution in [0.3, 0.4) is 0 Å². The lowest BCUT2D eigenvalue weighted by molar-refractivity contribution is -0.143. The van der Waals surface area contributed by atoms with E-state index < -0.39 is 31.4 Å². The van der Waals surface area contributed by atoms with E-state index in [1.54, 1.807) is 0 Å². The quantitative estimate of drug-likeness (QED) is 0.505. The average Bonchev–Trinajstić information content (AvgIpc) is 2.53. The van der Waals surface area contributed by atoms with E-state index in [1.807, 2.05) is 44.2 Å². The first kappa shape index (κ1) is 22.4. The molecule has 0 aliphatic carbocycles. The number of aliphatic carboxylic acids is 1. The third kappa shape index (κ3) is 9.13. The zero-order chi connectivity index (χ0) is 19.7. The van der Waals surface area contributed by atoms with Gasteiger partial charge in [-0.3, -0.25) is 9.36 Å². The number of benzene rings is 1. The minimum atomic E-state index is -3.73. The zero-order valence-corrected chi connectivity index (χ0v) is 16.3. The maximum Gasteiger partial charge on any atom is 0.326 e. The Morgan fingerprint density at radius 2 is 1.85 bits per heavy atom. The predicted octanol–water partition coefficient (Wildman–Crippen LogP) is 2.68. The molecular formula is C18H28NO6P. The van der Waals surface area contributed by atoms with Crippen molar-refractivity contribution in [2.24, 2.45) is 11.8 Å². The Kier molecular flexibility index (Phi) is 8.99. The molecule has 26 heavy (non-hydrogen) atoms. The second kappa shape index (κ2) is 10.5. The van der Waals surface area contributed by atoms with Crippen molar-refractivity contribution in [2.75, 3.05) is 13.3 Å². The highest BCUT2D eigenvalue weighted by Gasteiger charge is 2.27. The van der Waals surface area contributed by atoms with Gasteiger partial charge in [-0.15, -0.1) is 0 Å². The number of carbonyl (C=O) groups excluding carboxylic acids is 1. The van der Waals surface area contributed by atoms with Crippen LogP contribution < -0.4 is 5.32 Å². The van der Waals surface area contributed by atoms with Crippen molar-refractivity contribution in [2.45, 2.75) is 39.2 Å². The molecule has 1 amide bonds. The fourth-order valence-electron chi connectivity index (χ4n) is 2.49. The van der Waals surface area contributed by atoms with E-state index in [2.05, 4.69) is 5.32 Å². The van der Waals surface area contributed by atoms with Gasteiger partial charge in [0.25, 0.3) is 0 Å². The van der Waals surface area contributed by atoms with E-state index in [-0.39, 0.29) is 12.5 Å². The molecule has 0 aliphatic rings. The highest BCUT2D eigenvalue weighted by atomic mass is 31.2. The first-order chi connectivity index (χ1) is 12.1. The summed E-state index contributed by atoms with van der Waals surface area (Å²) in [6.45, 7) is 4.56. The maximum atomic E-state index is 12.6. The first-order valence-electron chi connectivity index (χ1n) is 8.60. The number of carboxylic acid groups (broad SMARTS) is 1. The lowest BCUT2D eigenvalue weighted by Crippen LogP contribution is -2.45. The number of aryl methyl sites for hydroxylation is 1. The molecule has 2 unspecified atom stereocenters. The summed E-state index contributed by atoms with van der Waals surface area (Å²) >= 11 is 0. The van der Waals surface area contributed by atoms with Gasteiger partial charge in [0, 0.05) is 6.66 Å². The second-order valence-corrected chi connectivity index (χ2v) is 8.71. The van der Waals surface area contributed by atoms with Crippen molar-refractivity contribution in [3.05, 3.63) is 35.9 Å². The average molecular weight is 385 g/mol. The number of nitrogens with one attached hydrogen (secondary N) is 1. The molecular weight excluding hydrogens is 357 g/mol. The van der Waals surface area contributed by atoms with E-state index in [4.69, 9.17) is 4.52 Å². The molecule has 0 aromatic heterocycles. The zero-order valence-electron chi connectivity index (χ0n) is 15.4. The molecule has 146 valence electrons. The Labute approximate surface area is 154 Å². The number of hydrogen-bond acceptors (Lipinski definition) is 4. The molecule has 1 aromatic rings. The fraction of sp³-hybridized carbons (Fsp3) is 0.556. The number of hydrogen-bond donors (Lipinski definition) is 3. The molecule has 3 N–H and O–H groups in total. The third-order valence-corrected chi connectivity index (χ3v) is 4.46. The van der Waals surface area contributed by atoms with E-state index in [9.17, 15) is 24.2 Å². The molecule has 0 bridgehead atoms. The topological polar surface area (TPSA) is 113 Å². The monoisotopic (exact) mass is 385 g/mol. The van der Waals surface area contributed by atoms with E-state index in [1.165, 1.54) is 0 Å². The van der Waals surface area contributed by atoms with Crippen LogP contribution in [0.5, 0.6) is 0 Å². The summed E-state index contributed by atoms with van der Waals surface area (Å²) in [5, 5.41) is 11.8. The smallest absolute Gasteiger partial charge is 0.326 e. The van der Waals surface area contributed by atoms with Gasteiger partial charge in [0.05, 0.1) is 12.5 Å². The summed E-state index contributed by atoms with van der Waals surface area (Å²) in [5.41, 5.74) is 1.02. The van der Waals surface area contributed by atoms with Gasteiger partial charge in [-0.1, -0.05) is 44.2 Å². The van der Waals surface area contributed by atoms with Gasteiger partial charge in [-0.25, -0.2) is 4.79 Å². The van der Waals surface area contributed by atoms with Gasteiger partial charge in [0.1, 0.15) is 6.04 Å². The lowest BCUT2D eigenvalue weighted by Gasteiger charge is -2.22. The maximum absolute atomic E-state index is 12.6. The van der Waals surface area contributed by atoms with Gasteiger partial charge < -0.3 is 19.8 Å². The second-order valence-electron chi connectivity index (χ2n) is 6.85. The van der Waals surface area contributed by atoms with Gasteiger partial charge >= 0.3 is 13.6 Å². The summed E-state index contributed by atoms with van der Waals surface area (Å²) in [4.78, 5) is 33.2. The summed E-state index contributed by atoms with van der Waals surface area (Å²) < 4.78 is 16.3. The highest BCUT2D eigenvalue weighted by molar-refractivity contribution is 7.51. The van der Waals surface area contributed by atoms with Gasteiger partial charge in [-0.05, 0) is 30.7 Å². The van der Waals surface area contributed by atoms with E-state index in [0.29, 0.717) is 19.3 Å². The van der Waals surface area contributed by atoms with Crippen LogP contribution in [0, 0.1) is 11.8 Å². The summed E-state index contributed by atoms with van der Waals surface area (Å²) in [6.07, 6.45) is 1.26. The SMILES string of the molecule is CC(C)C[C@H](NC(=O)C(CCc1ccccc1)COP(C)(=O)O)C(=O)O. The standard InChI is InChI=1S/C18H28NO6P/c1-13(2)11-16(18(21)22)19-17(20)15(12-25-26(3,23)24)10-9-14-7-5-4-6-8-14/h4-8,13,15-16H,9-12H2,1-3H3,(H,19,20)(H,21,22)(H,23,24)/t15?,16-/m0/s1. The number of amides is 1. The minimum absolute atomic E-state index is 0.101. The molecule has 0 fully saturated rings. The summed E-state index contributed by atoms with van der Waals surface area (Å²) in [6, 6.07) is 8.51. The fourth-order valence-corrected chi connectivity index (χ4v) is 2.94. The molecule has 0 spiro atoms. The Balaban J connectivity index is 2.78. The van der Waals surface area contributed by atoms with Crippen molar-refractivity contribution in [3.8, 4) is 0 Å². The van der Waals surface area contributed by atoms with Gasteiger partial charge in [0.15, 0.2) is 0 Å². The van der Waals surface area contributed by atoms with Crippen LogP contribution in [-0.2, 0) is 25.1 Å². The molecule has 1 aromatic carbocycles. The molecule has 0 radical (unpaired) electrons. The van der Waals surface area contributed by atoms with Crippen molar-refractivity contribution >= 4 is 19.5 Å². The van der Waals surface area contributed by atoms with Crippen molar-refractivity contribution in [3.63, 3.8) is 0 Å². The van der Waals surface area contributed by atoms with Crippen molar-refractivity contribution in [1.29, 1.82) is 0 Å². The highest BCUT2D eigenvalue weighted by Crippen LogP contribution is 2.37. The van der Waals surface area contributed by atoms with Crippen LogP contribution in [0.25, 0.3) is 0 Å². The van der Waals surface area contributed by atoms with Crippen molar-refractivity contribution < 1.29 is 28.7 Å². The molecule has 8 heteroatoms. The third-order valence-electron chi connectivity index (χ3n) is 3.83. The van der Waals surface area contributed by atoms with Gasteiger partial charge in [-0.2, -0.15) is 0 Å². The Hall–Kier alpha value is -1.69. The van der Waals surface area contributed by atoms with Crippen LogP contribution in [0.2, 0.25) is 0 Å². The summed E-state index contributed by atoms with van der Waals surface area (Å²) in [7, 11) is -3.73. The normalized spacial score (nSPS) is 15.9. The largest absolute Gasteiger partial charge is 0.480 e. The molecule has 3 atom stereocenters. The number of rotatable bonds is 11. The van der Waals surface area contributed by atoms with E-state index >= 15 is 0 Å². The Morgan fingerprint density at radius 3 is 2.35 bits per heavy atom. The minimum Gasteiger partial charge on any atom is -0.480 e. The molecule has 0 heterocycles. The molecule has 7 nitrogen and oxygen atoms in total. The van der Waals surface area contributed by atoms with Crippen LogP contribution in [-0.4, -0.2) is 41.2 Å². The number of carboxylic acids is 1. The van der Waals surface area contributed by atoms with Crippen LogP contribution in [0.1, 0.15) is 32.3 Å². The first-order valence-corrected chi connectivity index (χ1v) is 10.6. The van der Waals surface area contributed by atoms with Crippen LogP contribution in [0.15, 0.2) is 30.3 Å². The predicted molar refractivity (Wildman–Crippen MR) is 99.0 cm³/mol. The Bertz CT molecular complexity index is 628. The molecule has 0 aliphatic heterocycles. The Morgan fingerprint density at radius 1 is 1.23 bits per heavy atom. The van der Waals surface area contributed by atoms with Crippen LogP contribution >= 0.6 is 7.60 Å². The summed E-state index contributed by atoms with van der Waals surface area (Å²) in [5.74, 6) is -2.20. The lowest BCUT2D eigenvalue weighted by atomic mass is 9.98. The molecule has 0 saturated carbocycles. The molecule has 0 saturated heterocycles. The van der Waals surface area contributed by atoms with E-state index in [0.717, 1.165) is 12.2 Å².